The molecule has 0 radical (unpaired) electrons. The second-order valence-electron chi connectivity index (χ2n) is 3.27. The van der Waals surface area contributed by atoms with E-state index in [0.29, 0.717) is 16.0 Å². The Bertz CT molecular complexity index is 590. The zero-order chi connectivity index (χ0) is 13.1. The number of rotatable bonds is 4. The van der Waals surface area contributed by atoms with Crippen LogP contribution >= 0.6 is 39.3 Å². The highest BCUT2D eigenvalue weighted by Crippen LogP contribution is 2.29. The fourth-order valence-electron chi connectivity index (χ4n) is 1.24. The minimum Gasteiger partial charge on any atom is -0.481 e. The summed E-state index contributed by atoms with van der Waals surface area (Å²) in [6.07, 6.45) is 0. The molecule has 0 atom stereocenters. The Morgan fingerprint density at radius 1 is 1.56 bits per heavy atom. The third-order valence-electron chi connectivity index (χ3n) is 1.97. The number of carboxylic acid groups (broad SMARTS) is 1. The van der Waals surface area contributed by atoms with Crippen LogP contribution in [0.25, 0.3) is 11.4 Å². The van der Waals surface area contributed by atoms with Gasteiger partial charge in [-0.15, -0.1) is 5.10 Å². The normalized spacial score (nSPS) is 10.6. The number of benzene rings is 1. The smallest absolute Gasteiger partial charge is 0.313 e. The average Bonchev–Trinajstić information content (AvgIpc) is 2.78. The standard InChI is InChI=1S/C10H7BrClN3O2S/c11-7-2-1-5(12)3-6(7)9-13-10(15-14-9)18-4-8(16)17/h1-3H,4H2,(H,16,17)(H,13,14,15). The number of nitrogens with zero attached hydrogens (tertiary/aromatic N) is 2. The van der Waals surface area contributed by atoms with Gasteiger partial charge in [-0.3, -0.25) is 9.89 Å². The number of carboxylic acids is 1. The number of aromatic amines is 1. The van der Waals surface area contributed by atoms with E-state index >= 15 is 0 Å². The van der Waals surface area contributed by atoms with Crippen LogP contribution in [0.2, 0.25) is 5.02 Å². The van der Waals surface area contributed by atoms with E-state index < -0.39 is 5.97 Å². The summed E-state index contributed by atoms with van der Waals surface area (Å²) in [6, 6.07) is 5.31. The van der Waals surface area contributed by atoms with Crippen molar-refractivity contribution >= 4 is 45.3 Å². The average molecular weight is 349 g/mol. The first-order valence-corrected chi connectivity index (χ1v) is 6.94. The molecule has 0 aliphatic heterocycles. The van der Waals surface area contributed by atoms with Crippen LogP contribution in [0.15, 0.2) is 27.8 Å². The molecule has 0 spiro atoms. The lowest BCUT2D eigenvalue weighted by Gasteiger charge is -2.00. The van der Waals surface area contributed by atoms with Gasteiger partial charge in [0.15, 0.2) is 5.82 Å². The monoisotopic (exact) mass is 347 g/mol. The van der Waals surface area contributed by atoms with Gasteiger partial charge < -0.3 is 5.11 Å². The van der Waals surface area contributed by atoms with Crippen molar-refractivity contribution in [2.45, 2.75) is 5.16 Å². The van der Waals surface area contributed by atoms with Crippen molar-refractivity contribution in [3.05, 3.63) is 27.7 Å². The van der Waals surface area contributed by atoms with Crippen LogP contribution in [0.1, 0.15) is 0 Å². The maximum atomic E-state index is 10.4. The molecule has 1 heterocycles. The molecule has 1 aromatic heterocycles. The number of halogens is 2. The van der Waals surface area contributed by atoms with Crippen LogP contribution in [0, 0.1) is 0 Å². The van der Waals surface area contributed by atoms with E-state index in [4.69, 9.17) is 16.7 Å². The SMILES string of the molecule is O=C(O)CSc1n[nH]c(-c2cc(Cl)ccc2Br)n1. The molecule has 2 N–H and O–H groups in total. The summed E-state index contributed by atoms with van der Waals surface area (Å²) in [4.78, 5) is 14.6. The third-order valence-corrected chi connectivity index (χ3v) is 3.73. The molecular weight excluding hydrogens is 342 g/mol. The lowest BCUT2D eigenvalue weighted by molar-refractivity contribution is -0.133. The van der Waals surface area contributed by atoms with Gasteiger partial charge >= 0.3 is 5.97 Å². The van der Waals surface area contributed by atoms with Crippen LogP contribution in [-0.2, 0) is 4.79 Å². The molecule has 0 fully saturated rings. The third kappa shape index (κ3) is 3.24. The Kier molecular flexibility index (Phi) is 4.26. The second kappa shape index (κ2) is 5.73. The molecule has 8 heteroatoms. The zero-order valence-electron chi connectivity index (χ0n) is 8.85. The van der Waals surface area contributed by atoms with Crippen LogP contribution in [0.5, 0.6) is 0 Å². The van der Waals surface area contributed by atoms with Gasteiger partial charge in [0.2, 0.25) is 5.16 Å². The van der Waals surface area contributed by atoms with Crippen molar-refractivity contribution in [2.24, 2.45) is 0 Å². The summed E-state index contributed by atoms with van der Waals surface area (Å²) in [5, 5.41) is 16.2. The fourth-order valence-corrected chi connectivity index (χ4v) is 2.36. The lowest BCUT2D eigenvalue weighted by atomic mass is 10.2. The molecule has 0 saturated carbocycles. The number of hydrogen-bond donors (Lipinski definition) is 2. The van der Waals surface area contributed by atoms with Crippen LogP contribution in [0.3, 0.4) is 0 Å². The van der Waals surface area contributed by atoms with Gasteiger partial charge in [0.25, 0.3) is 0 Å². The molecule has 0 amide bonds. The van der Waals surface area contributed by atoms with Crippen molar-refractivity contribution in [3.8, 4) is 11.4 Å². The van der Waals surface area contributed by atoms with Gasteiger partial charge in [-0.05, 0) is 18.2 Å². The van der Waals surface area contributed by atoms with Crippen molar-refractivity contribution < 1.29 is 9.90 Å². The van der Waals surface area contributed by atoms with Gasteiger partial charge in [-0.2, -0.15) is 0 Å². The lowest BCUT2D eigenvalue weighted by Crippen LogP contribution is -1.97. The number of aromatic nitrogens is 3. The second-order valence-corrected chi connectivity index (χ2v) is 5.51. The van der Waals surface area contributed by atoms with Crippen molar-refractivity contribution in [1.82, 2.24) is 15.2 Å². The van der Waals surface area contributed by atoms with Crippen molar-refractivity contribution in [1.29, 1.82) is 0 Å². The molecule has 0 aliphatic rings. The summed E-state index contributed by atoms with van der Waals surface area (Å²) < 4.78 is 0.831. The van der Waals surface area contributed by atoms with Crippen LogP contribution in [-0.4, -0.2) is 32.0 Å². The Labute approximate surface area is 120 Å². The van der Waals surface area contributed by atoms with Gasteiger partial charge in [-0.25, -0.2) is 4.98 Å². The predicted octanol–water partition coefficient (Wildman–Crippen LogP) is 3.06. The minimum atomic E-state index is -0.907. The molecular formula is C10H7BrClN3O2S. The summed E-state index contributed by atoms with van der Waals surface area (Å²) in [5.74, 6) is -0.443. The highest BCUT2D eigenvalue weighted by molar-refractivity contribution is 9.10. The van der Waals surface area contributed by atoms with Gasteiger partial charge in [0, 0.05) is 15.1 Å². The topological polar surface area (TPSA) is 78.9 Å². The molecule has 0 aliphatic carbocycles. The first-order valence-electron chi connectivity index (χ1n) is 4.78. The first kappa shape index (κ1) is 13.4. The Morgan fingerprint density at radius 2 is 2.33 bits per heavy atom. The zero-order valence-corrected chi connectivity index (χ0v) is 12.0. The van der Waals surface area contributed by atoms with Gasteiger partial charge in [0.05, 0.1) is 5.75 Å². The highest BCUT2D eigenvalue weighted by Gasteiger charge is 2.11. The van der Waals surface area contributed by atoms with Gasteiger partial charge in [-0.1, -0.05) is 39.3 Å². The number of hydrogen-bond acceptors (Lipinski definition) is 4. The van der Waals surface area contributed by atoms with Crippen molar-refractivity contribution in [2.75, 3.05) is 5.75 Å². The molecule has 5 nitrogen and oxygen atoms in total. The quantitative estimate of drug-likeness (QED) is 0.830. The van der Waals surface area contributed by atoms with Crippen LogP contribution < -0.4 is 0 Å². The molecule has 2 aromatic rings. The van der Waals surface area contributed by atoms with E-state index in [9.17, 15) is 4.79 Å². The molecule has 0 bridgehead atoms. The largest absolute Gasteiger partial charge is 0.481 e. The van der Waals surface area contributed by atoms with E-state index in [1.165, 1.54) is 0 Å². The molecule has 18 heavy (non-hydrogen) atoms. The summed E-state index contributed by atoms with van der Waals surface area (Å²) in [7, 11) is 0. The predicted molar refractivity (Wildman–Crippen MR) is 72.9 cm³/mol. The molecule has 1 aromatic carbocycles. The fraction of sp³-hybridized carbons (Fsp3) is 0.100. The first-order chi connectivity index (χ1) is 8.56. The number of H-pyrrole nitrogens is 1. The van der Waals surface area contributed by atoms with Crippen LogP contribution in [0.4, 0.5) is 0 Å². The van der Waals surface area contributed by atoms with E-state index in [0.717, 1.165) is 21.8 Å². The number of aliphatic carboxylic acids is 1. The number of nitrogens with one attached hydrogen (secondary N) is 1. The molecule has 94 valence electrons. The molecule has 0 unspecified atom stereocenters. The summed E-state index contributed by atoms with van der Waals surface area (Å²) in [6.45, 7) is 0. The van der Waals surface area contributed by atoms with Crippen molar-refractivity contribution in [3.63, 3.8) is 0 Å². The van der Waals surface area contributed by atoms with E-state index in [1.807, 2.05) is 6.07 Å². The molecule has 2 rings (SSSR count). The Balaban J connectivity index is 2.23. The Hall–Kier alpha value is -1.05. The number of thioether (sulfide) groups is 1. The Morgan fingerprint density at radius 3 is 3.06 bits per heavy atom. The molecule has 0 saturated heterocycles. The number of carbonyl (C=O) groups is 1. The van der Waals surface area contributed by atoms with E-state index in [-0.39, 0.29) is 5.75 Å². The highest BCUT2D eigenvalue weighted by atomic mass is 79.9. The maximum Gasteiger partial charge on any atom is 0.313 e. The van der Waals surface area contributed by atoms with E-state index in [1.54, 1.807) is 12.1 Å². The summed E-state index contributed by atoms with van der Waals surface area (Å²) >= 11 is 10.4. The van der Waals surface area contributed by atoms with E-state index in [2.05, 4.69) is 31.1 Å². The maximum absolute atomic E-state index is 10.4. The minimum absolute atomic E-state index is 0.0754. The van der Waals surface area contributed by atoms with Gasteiger partial charge in [0.1, 0.15) is 0 Å². The summed E-state index contributed by atoms with van der Waals surface area (Å²) in [5.41, 5.74) is 0.775.